The zero-order valence-electron chi connectivity index (χ0n) is 15.6. The van der Waals surface area contributed by atoms with Gasteiger partial charge in [-0.05, 0) is 42.7 Å². The lowest BCUT2D eigenvalue weighted by atomic mass is 9.72. The lowest BCUT2D eigenvalue weighted by Gasteiger charge is -2.44. The Morgan fingerprint density at radius 2 is 1.96 bits per heavy atom. The van der Waals surface area contributed by atoms with Crippen molar-refractivity contribution in [1.82, 2.24) is 9.88 Å². The minimum atomic E-state index is -0.892. The molecule has 3 rings (SSSR count). The molecule has 26 heavy (non-hydrogen) atoms. The summed E-state index contributed by atoms with van der Waals surface area (Å²) in [5, 5.41) is 13.8. The van der Waals surface area contributed by atoms with Gasteiger partial charge in [0.1, 0.15) is 0 Å². The third-order valence-electron chi connectivity index (χ3n) is 5.41. The van der Waals surface area contributed by atoms with E-state index in [1.165, 1.54) is 0 Å². The SMILES string of the molecule is CC(C)(CNC(=O)Cc1ccc(-n2cccc2)cc1)C1(O)CCCOC1. The van der Waals surface area contributed by atoms with Gasteiger partial charge in [0.2, 0.25) is 5.91 Å². The van der Waals surface area contributed by atoms with Gasteiger partial charge in [0.15, 0.2) is 0 Å². The first-order valence-electron chi connectivity index (χ1n) is 9.19. The van der Waals surface area contributed by atoms with Gasteiger partial charge in [-0.2, -0.15) is 0 Å². The third-order valence-corrected chi connectivity index (χ3v) is 5.41. The topological polar surface area (TPSA) is 63.5 Å². The molecule has 0 saturated carbocycles. The number of rotatable bonds is 6. The Morgan fingerprint density at radius 3 is 2.58 bits per heavy atom. The van der Waals surface area contributed by atoms with Crippen molar-refractivity contribution in [2.24, 2.45) is 5.41 Å². The molecule has 0 spiro atoms. The molecule has 1 aliphatic rings. The minimum absolute atomic E-state index is 0.0351. The van der Waals surface area contributed by atoms with Crippen LogP contribution in [0.15, 0.2) is 48.8 Å². The van der Waals surface area contributed by atoms with Gasteiger partial charge >= 0.3 is 0 Å². The van der Waals surface area contributed by atoms with E-state index in [4.69, 9.17) is 4.74 Å². The minimum Gasteiger partial charge on any atom is -0.387 e. The molecule has 1 saturated heterocycles. The van der Waals surface area contributed by atoms with Gasteiger partial charge in [-0.1, -0.05) is 26.0 Å². The Kier molecular flexibility index (Phi) is 5.49. The quantitative estimate of drug-likeness (QED) is 0.836. The van der Waals surface area contributed by atoms with E-state index in [-0.39, 0.29) is 5.91 Å². The summed E-state index contributed by atoms with van der Waals surface area (Å²) in [4.78, 5) is 12.3. The molecule has 1 aromatic heterocycles. The van der Waals surface area contributed by atoms with Crippen LogP contribution >= 0.6 is 0 Å². The van der Waals surface area contributed by atoms with E-state index >= 15 is 0 Å². The highest BCUT2D eigenvalue weighted by Gasteiger charge is 2.44. The average molecular weight is 356 g/mol. The fourth-order valence-electron chi connectivity index (χ4n) is 3.34. The van der Waals surface area contributed by atoms with Crippen LogP contribution in [-0.2, 0) is 16.0 Å². The van der Waals surface area contributed by atoms with E-state index in [1.807, 2.05) is 67.2 Å². The standard InChI is InChI=1S/C21H28N2O3/c1-20(2,21(25)10-5-13-26-16-21)15-22-19(24)14-17-6-8-18(9-7-17)23-11-3-4-12-23/h3-4,6-9,11-12,25H,5,10,13-16H2,1-2H3,(H,22,24). The van der Waals surface area contributed by atoms with Crippen LogP contribution in [0.1, 0.15) is 32.3 Å². The summed E-state index contributed by atoms with van der Waals surface area (Å²) in [6.07, 6.45) is 5.86. The number of ether oxygens (including phenoxy) is 1. The summed E-state index contributed by atoms with van der Waals surface area (Å²) in [5.41, 5.74) is 0.703. The highest BCUT2D eigenvalue weighted by Crippen LogP contribution is 2.36. The monoisotopic (exact) mass is 356 g/mol. The molecule has 5 nitrogen and oxygen atoms in total. The van der Waals surface area contributed by atoms with Crippen molar-refractivity contribution in [1.29, 1.82) is 0 Å². The molecule has 5 heteroatoms. The lowest BCUT2D eigenvalue weighted by Crippen LogP contribution is -2.55. The predicted octanol–water partition coefficient (Wildman–Crippen LogP) is 2.70. The van der Waals surface area contributed by atoms with Crippen LogP contribution < -0.4 is 5.32 Å². The molecule has 0 bridgehead atoms. The van der Waals surface area contributed by atoms with Crippen molar-refractivity contribution in [3.63, 3.8) is 0 Å². The van der Waals surface area contributed by atoms with Gasteiger partial charge in [-0.3, -0.25) is 4.79 Å². The Balaban J connectivity index is 1.53. The van der Waals surface area contributed by atoms with Gasteiger partial charge in [0, 0.05) is 36.6 Å². The number of hydrogen-bond acceptors (Lipinski definition) is 3. The molecule has 2 heterocycles. The number of benzene rings is 1. The van der Waals surface area contributed by atoms with Crippen LogP contribution in [0.4, 0.5) is 0 Å². The van der Waals surface area contributed by atoms with E-state index < -0.39 is 11.0 Å². The van der Waals surface area contributed by atoms with Crippen molar-refractivity contribution >= 4 is 5.91 Å². The molecule has 1 atom stereocenters. The molecule has 1 unspecified atom stereocenters. The highest BCUT2D eigenvalue weighted by atomic mass is 16.5. The van der Waals surface area contributed by atoms with Crippen molar-refractivity contribution in [3.05, 3.63) is 54.4 Å². The summed E-state index contributed by atoms with van der Waals surface area (Å²) in [5.74, 6) is -0.0351. The fraction of sp³-hybridized carbons (Fsp3) is 0.476. The number of aromatic nitrogens is 1. The highest BCUT2D eigenvalue weighted by molar-refractivity contribution is 5.78. The number of carbonyl (C=O) groups excluding carboxylic acids is 1. The predicted molar refractivity (Wildman–Crippen MR) is 101 cm³/mol. The zero-order valence-corrected chi connectivity index (χ0v) is 15.6. The second-order valence-electron chi connectivity index (χ2n) is 7.78. The van der Waals surface area contributed by atoms with Gasteiger partial charge in [-0.15, -0.1) is 0 Å². The van der Waals surface area contributed by atoms with Crippen molar-refractivity contribution in [3.8, 4) is 5.69 Å². The first kappa shape index (κ1) is 18.7. The molecule has 140 valence electrons. The van der Waals surface area contributed by atoms with Crippen LogP contribution in [0, 0.1) is 5.41 Å². The molecule has 0 radical (unpaired) electrons. The fourth-order valence-corrected chi connectivity index (χ4v) is 3.34. The van der Waals surface area contributed by atoms with Crippen LogP contribution in [0.2, 0.25) is 0 Å². The van der Waals surface area contributed by atoms with Gasteiger partial charge in [-0.25, -0.2) is 0 Å². The summed E-state index contributed by atoms with van der Waals surface area (Å²) in [6.45, 7) is 5.41. The van der Waals surface area contributed by atoms with E-state index in [0.717, 1.165) is 17.7 Å². The molecule has 0 aliphatic carbocycles. The Hall–Kier alpha value is -2.11. The van der Waals surface area contributed by atoms with Crippen LogP contribution in [-0.4, -0.2) is 40.9 Å². The maximum absolute atomic E-state index is 12.3. The van der Waals surface area contributed by atoms with E-state index in [0.29, 0.717) is 32.6 Å². The largest absolute Gasteiger partial charge is 0.387 e. The number of nitrogens with zero attached hydrogens (tertiary/aromatic N) is 1. The van der Waals surface area contributed by atoms with Crippen LogP contribution in [0.3, 0.4) is 0 Å². The van der Waals surface area contributed by atoms with Crippen molar-refractivity contribution in [2.75, 3.05) is 19.8 Å². The van der Waals surface area contributed by atoms with E-state index in [2.05, 4.69) is 5.32 Å². The number of aliphatic hydroxyl groups is 1. The second kappa shape index (κ2) is 7.64. The van der Waals surface area contributed by atoms with Crippen LogP contribution in [0.25, 0.3) is 5.69 Å². The molecular weight excluding hydrogens is 328 g/mol. The number of carbonyl (C=O) groups is 1. The first-order chi connectivity index (χ1) is 12.4. The molecule has 2 aromatic rings. The summed E-state index contributed by atoms with van der Waals surface area (Å²) in [6, 6.07) is 11.9. The number of nitrogens with one attached hydrogen (secondary N) is 1. The number of amides is 1. The zero-order chi connectivity index (χ0) is 18.6. The maximum Gasteiger partial charge on any atom is 0.224 e. The third kappa shape index (κ3) is 4.17. The summed E-state index contributed by atoms with van der Waals surface area (Å²) < 4.78 is 7.48. The van der Waals surface area contributed by atoms with Gasteiger partial charge < -0.3 is 19.7 Å². The second-order valence-corrected chi connectivity index (χ2v) is 7.78. The smallest absolute Gasteiger partial charge is 0.224 e. The summed E-state index contributed by atoms with van der Waals surface area (Å²) >= 11 is 0. The number of hydrogen-bond donors (Lipinski definition) is 2. The average Bonchev–Trinajstić information content (AvgIpc) is 3.16. The molecular formula is C21H28N2O3. The van der Waals surface area contributed by atoms with Gasteiger partial charge in [0.25, 0.3) is 0 Å². The Bertz CT molecular complexity index is 714. The molecule has 1 fully saturated rings. The lowest BCUT2D eigenvalue weighted by molar-refractivity contribution is -0.151. The van der Waals surface area contributed by atoms with E-state index in [9.17, 15) is 9.90 Å². The van der Waals surface area contributed by atoms with Gasteiger partial charge in [0.05, 0.1) is 18.6 Å². The summed E-state index contributed by atoms with van der Waals surface area (Å²) in [7, 11) is 0. The van der Waals surface area contributed by atoms with E-state index in [1.54, 1.807) is 0 Å². The van der Waals surface area contributed by atoms with Crippen molar-refractivity contribution in [2.45, 2.75) is 38.7 Å². The molecule has 1 amide bonds. The normalized spacial score (nSPS) is 20.7. The maximum atomic E-state index is 12.3. The Labute approximate surface area is 155 Å². The van der Waals surface area contributed by atoms with Crippen molar-refractivity contribution < 1.29 is 14.6 Å². The first-order valence-corrected chi connectivity index (χ1v) is 9.19. The Morgan fingerprint density at radius 1 is 1.27 bits per heavy atom. The molecule has 2 N–H and O–H groups in total. The molecule has 1 aromatic carbocycles. The molecule has 1 aliphatic heterocycles. The van der Waals surface area contributed by atoms with Crippen LogP contribution in [0.5, 0.6) is 0 Å².